The fourth-order valence-electron chi connectivity index (χ4n) is 1.73. The Kier molecular flexibility index (Phi) is 4.83. The second-order valence-electron chi connectivity index (χ2n) is 3.96. The van der Waals surface area contributed by atoms with Crippen molar-refractivity contribution in [2.45, 2.75) is 25.9 Å². The fourth-order valence-corrected chi connectivity index (χ4v) is 1.73. The summed E-state index contributed by atoms with van der Waals surface area (Å²) >= 11 is 0. The maximum absolute atomic E-state index is 13.5. The lowest BCUT2D eigenvalue weighted by atomic mass is 9.97. The summed E-state index contributed by atoms with van der Waals surface area (Å²) < 4.78 is 36.6. The van der Waals surface area contributed by atoms with E-state index in [1.165, 1.54) is 19.2 Å². The van der Waals surface area contributed by atoms with Crippen LogP contribution in [-0.4, -0.2) is 24.8 Å². The highest BCUT2D eigenvalue weighted by Gasteiger charge is 2.34. The van der Waals surface area contributed by atoms with E-state index in [-0.39, 0.29) is 17.9 Å². The summed E-state index contributed by atoms with van der Waals surface area (Å²) in [6, 6.07) is 3.90. The van der Waals surface area contributed by atoms with Crippen LogP contribution >= 0.6 is 0 Å². The van der Waals surface area contributed by atoms with Crippen molar-refractivity contribution >= 4 is 5.97 Å². The molecule has 6 heteroatoms. The summed E-state index contributed by atoms with van der Waals surface area (Å²) in [7, 11) is 1.27. The van der Waals surface area contributed by atoms with E-state index in [1.807, 2.05) is 0 Å². The lowest BCUT2D eigenvalue weighted by Crippen LogP contribution is -2.21. The lowest BCUT2D eigenvalue weighted by Gasteiger charge is -2.21. The van der Waals surface area contributed by atoms with E-state index in [0.717, 1.165) is 6.07 Å². The van der Waals surface area contributed by atoms with Gasteiger partial charge < -0.3 is 14.6 Å². The van der Waals surface area contributed by atoms with Gasteiger partial charge in [0.25, 0.3) is 5.92 Å². The molecule has 0 aromatic heterocycles. The van der Waals surface area contributed by atoms with E-state index < -0.39 is 23.6 Å². The minimum atomic E-state index is -3.21. The van der Waals surface area contributed by atoms with Gasteiger partial charge in [0.15, 0.2) is 6.10 Å². The molecule has 1 rings (SSSR count). The maximum Gasteiger partial charge on any atom is 0.339 e. The van der Waals surface area contributed by atoms with Gasteiger partial charge in [0.2, 0.25) is 0 Å². The third kappa shape index (κ3) is 3.41. The number of hydrogen-bond acceptors (Lipinski definition) is 4. The third-order valence-corrected chi connectivity index (χ3v) is 2.54. The number of carbonyl (C=O) groups excluding carboxylic acids is 1. The SMILES string of the molecule is CCOC(=O)C(O)c1c(OC)cccc1C(C)(F)F. The van der Waals surface area contributed by atoms with E-state index in [9.17, 15) is 18.7 Å². The number of esters is 1. The van der Waals surface area contributed by atoms with Gasteiger partial charge in [0, 0.05) is 18.1 Å². The number of ether oxygens (including phenoxy) is 2. The Hall–Kier alpha value is -1.69. The molecule has 1 aromatic rings. The molecule has 0 aliphatic heterocycles. The predicted octanol–water partition coefficient (Wildman–Crippen LogP) is 2.40. The Morgan fingerprint density at radius 1 is 1.47 bits per heavy atom. The first kappa shape index (κ1) is 15.4. The summed E-state index contributed by atoms with van der Waals surface area (Å²) in [4.78, 5) is 11.5. The molecule has 1 aromatic carbocycles. The van der Waals surface area contributed by atoms with Gasteiger partial charge in [0.1, 0.15) is 5.75 Å². The second kappa shape index (κ2) is 5.97. The number of aliphatic hydroxyl groups excluding tert-OH is 1. The molecule has 0 saturated carbocycles. The molecule has 4 nitrogen and oxygen atoms in total. The number of aliphatic hydroxyl groups is 1. The van der Waals surface area contributed by atoms with Gasteiger partial charge in [-0.25, -0.2) is 13.6 Å². The van der Waals surface area contributed by atoms with Gasteiger partial charge in [-0.3, -0.25) is 0 Å². The second-order valence-corrected chi connectivity index (χ2v) is 3.96. The lowest BCUT2D eigenvalue weighted by molar-refractivity contribution is -0.153. The highest BCUT2D eigenvalue weighted by atomic mass is 19.3. The van der Waals surface area contributed by atoms with Crippen LogP contribution in [0.3, 0.4) is 0 Å². The van der Waals surface area contributed by atoms with Gasteiger partial charge in [-0.05, 0) is 13.0 Å². The highest BCUT2D eigenvalue weighted by molar-refractivity contribution is 5.78. The molecule has 0 fully saturated rings. The van der Waals surface area contributed by atoms with Gasteiger partial charge in [-0.1, -0.05) is 12.1 Å². The Bertz CT molecular complexity index is 454. The van der Waals surface area contributed by atoms with Crippen molar-refractivity contribution in [3.05, 3.63) is 29.3 Å². The summed E-state index contributed by atoms with van der Waals surface area (Å²) in [6.07, 6.45) is -1.81. The van der Waals surface area contributed by atoms with E-state index in [4.69, 9.17) is 4.74 Å². The number of halogens is 2. The number of rotatable bonds is 5. The van der Waals surface area contributed by atoms with Gasteiger partial charge in [-0.2, -0.15) is 0 Å². The Morgan fingerprint density at radius 2 is 2.11 bits per heavy atom. The number of alkyl halides is 2. The zero-order valence-electron chi connectivity index (χ0n) is 10.9. The molecule has 0 saturated heterocycles. The zero-order chi connectivity index (χ0) is 14.6. The van der Waals surface area contributed by atoms with Crippen molar-refractivity contribution in [2.24, 2.45) is 0 Å². The molecule has 0 bridgehead atoms. The van der Waals surface area contributed by atoms with Crippen LogP contribution in [0.15, 0.2) is 18.2 Å². The first-order chi connectivity index (χ1) is 8.82. The summed E-state index contributed by atoms with van der Waals surface area (Å²) in [5, 5.41) is 9.89. The maximum atomic E-state index is 13.5. The summed E-state index contributed by atoms with van der Waals surface area (Å²) in [5.41, 5.74) is -0.733. The van der Waals surface area contributed by atoms with Crippen LogP contribution in [0.5, 0.6) is 5.75 Å². The first-order valence-corrected chi connectivity index (χ1v) is 5.72. The minimum absolute atomic E-state index is 0.0135. The number of carbonyl (C=O) groups is 1. The molecule has 0 heterocycles. The van der Waals surface area contributed by atoms with E-state index >= 15 is 0 Å². The molecular weight excluding hydrogens is 258 g/mol. The molecular formula is C13H16F2O4. The number of benzene rings is 1. The van der Waals surface area contributed by atoms with Crippen molar-refractivity contribution in [2.75, 3.05) is 13.7 Å². The molecule has 0 spiro atoms. The standard InChI is InChI=1S/C13H16F2O4/c1-4-19-12(17)11(16)10-8(13(2,14)15)6-5-7-9(10)18-3/h5-7,11,16H,4H2,1-3H3. The first-order valence-electron chi connectivity index (χ1n) is 5.72. The highest BCUT2D eigenvalue weighted by Crippen LogP contribution is 2.38. The van der Waals surface area contributed by atoms with Crippen LogP contribution in [0.25, 0.3) is 0 Å². The Balaban J connectivity index is 3.33. The van der Waals surface area contributed by atoms with Crippen LogP contribution in [0, 0.1) is 0 Å². The van der Waals surface area contributed by atoms with Crippen LogP contribution in [0.1, 0.15) is 31.1 Å². The molecule has 0 aliphatic rings. The molecule has 0 aliphatic carbocycles. The number of methoxy groups -OCH3 is 1. The molecule has 1 atom stereocenters. The van der Waals surface area contributed by atoms with Crippen LogP contribution in [-0.2, 0) is 15.5 Å². The quantitative estimate of drug-likeness (QED) is 0.838. The normalized spacial score (nSPS) is 12.9. The van der Waals surface area contributed by atoms with E-state index in [0.29, 0.717) is 6.92 Å². The Labute approximate surface area is 109 Å². The molecule has 0 radical (unpaired) electrons. The topological polar surface area (TPSA) is 55.8 Å². The molecule has 1 unspecified atom stereocenters. The monoisotopic (exact) mass is 274 g/mol. The third-order valence-electron chi connectivity index (χ3n) is 2.54. The summed E-state index contributed by atoms with van der Waals surface area (Å²) in [5.74, 6) is -4.19. The fraction of sp³-hybridized carbons (Fsp3) is 0.462. The van der Waals surface area contributed by atoms with Gasteiger partial charge >= 0.3 is 5.97 Å². The smallest absolute Gasteiger partial charge is 0.339 e. The van der Waals surface area contributed by atoms with Crippen molar-refractivity contribution in [3.63, 3.8) is 0 Å². The van der Waals surface area contributed by atoms with E-state index in [1.54, 1.807) is 6.92 Å². The average Bonchev–Trinajstić information content (AvgIpc) is 2.36. The van der Waals surface area contributed by atoms with E-state index in [2.05, 4.69) is 4.74 Å². The van der Waals surface area contributed by atoms with Gasteiger partial charge in [0.05, 0.1) is 13.7 Å². The van der Waals surface area contributed by atoms with Crippen LogP contribution in [0.4, 0.5) is 8.78 Å². The Morgan fingerprint density at radius 3 is 2.58 bits per heavy atom. The van der Waals surface area contributed by atoms with Crippen LogP contribution < -0.4 is 4.74 Å². The predicted molar refractivity (Wildman–Crippen MR) is 64.2 cm³/mol. The zero-order valence-corrected chi connectivity index (χ0v) is 10.9. The van der Waals surface area contributed by atoms with Crippen LogP contribution in [0.2, 0.25) is 0 Å². The largest absolute Gasteiger partial charge is 0.496 e. The van der Waals surface area contributed by atoms with Crippen molar-refractivity contribution in [1.82, 2.24) is 0 Å². The van der Waals surface area contributed by atoms with Crippen molar-refractivity contribution < 1.29 is 28.2 Å². The van der Waals surface area contributed by atoms with Gasteiger partial charge in [-0.15, -0.1) is 0 Å². The molecule has 1 N–H and O–H groups in total. The van der Waals surface area contributed by atoms with Crippen molar-refractivity contribution in [3.8, 4) is 5.75 Å². The molecule has 19 heavy (non-hydrogen) atoms. The van der Waals surface area contributed by atoms with Crippen molar-refractivity contribution in [1.29, 1.82) is 0 Å². The summed E-state index contributed by atoms with van der Waals surface area (Å²) in [6.45, 7) is 2.29. The number of hydrogen-bond donors (Lipinski definition) is 1. The molecule has 106 valence electrons. The molecule has 0 amide bonds. The average molecular weight is 274 g/mol. The minimum Gasteiger partial charge on any atom is -0.496 e.